The lowest BCUT2D eigenvalue weighted by Crippen LogP contribution is -2.15. The van der Waals surface area contributed by atoms with E-state index in [0.717, 1.165) is 37.2 Å². The monoisotopic (exact) mass is 288 g/mol. The lowest BCUT2D eigenvalue weighted by atomic mass is 10.2. The van der Waals surface area contributed by atoms with Crippen molar-refractivity contribution in [2.75, 3.05) is 19.0 Å². The Morgan fingerprint density at radius 3 is 3.10 bits per heavy atom. The number of methoxy groups -OCH3 is 1. The smallest absolute Gasteiger partial charge is 0.212 e. The molecule has 1 aliphatic rings. The van der Waals surface area contributed by atoms with Gasteiger partial charge in [0.15, 0.2) is 0 Å². The van der Waals surface area contributed by atoms with Crippen LogP contribution in [0.5, 0.6) is 5.88 Å². The number of hydrogen-bond donors (Lipinski definition) is 1. The first-order valence-electron chi connectivity index (χ1n) is 7.20. The zero-order valence-corrected chi connectivity index (χ0v) is 12.2. The van der Waals surface area contributed by atoms with E-state index in [4.69, 9.17) is 9.47 Å². The molecule has 0 spiro atoms. The lowest BCUT2D eigenvalue weighted by Gasteiger charge is -2.08. The minimum absolute atomic E-state index is 0.309. The molecule has 0 amide bonds. The molecule has 0 aromatic carbocycles. The fourth-order valence-corrected chi connectivity index (χ4v) is 2.39. The molecule has 0 saturated carbocycles. The molecule has 112 valence electrons. The number of anilines is 1. The average molecular weight is 288 g/mol. The van der Waals surface area contributed by atoms with E-state index >= 15 is 0 Å². The molecule has 1 N–H and O–H groups in total. The molecule has 3 rings (SSSR count). The van der Waals surface area contributed by atoms with Crippen LogP contribution >= 0.6 is 0 Å². The van der Waals surface area contributed by atoms with Crippen LogP contribution in [0.4, 0.5) is 5.69 Å². The van der Waals surface area contributed by atoms with E-state index in [0.29, 0.717) is 18.5 Å². The highest BCUT2D eigenvalue weighted by Crippen LogP contribution is 2.15. The van der Waals surface area contributed by atoms with E-state index in [-0.39, 0.29) is 0 Å². The van der Waals surface area contributed by atoms with Crippen molar-refractivity contribution in [2.24, 2.45) is 0 Å². The topological polar surface area (TPSA) is 61.2 Å². The van der Waals surface area contributed by atoms with Gasteiger partial charge < -0.3 is 14.8 Å². The number of nitrogens with one attached hydrogen (secondary N) is 1. The molecular formula is C15H20N4O2. The molecule has 21 heavy (non-hydrogen) atoms. The fourth-order valence-electron chi connectivity index (χ4n) is 2.39. The Balaban J connectivity index is 1.51. The third-order valence-corrected chi connectivity index (χ3v) is 3.55. The SMILES string of the molecule is COc1ccc(CNc2cnn(CC3CCCO3)c2)cn1. The van der Waals surface area contributed by atoms with Gasteiger partial charge in [-0.05, 0) is 18.4 Å². The van der Waals surface area contributed by atoms with Gasteiger partial charge in [0.1, 0.15) is 0 Å². The summed E-state index contributed by atoms with van der Waals surface area (Å²) in [7, 11) is 1.61. The average Bonchev–Trinajstić information content (AvgIpc) is 3.18. The molecule has 2 aromatic rings. The molecule has 3 heterocycles. The van der Waals surface area contributed by atoms with E-state index in [9.17, 15) is 0 Å². The number of ether oxygens (including phenoxy) is 2. The summed E-state index contributed by atoms with van der Waals surface area (Å²) in [5.74, 6) is 0.628. The summed E-state index contributed by atoms with van der Waals surface area (Å²) >= 11 is 0. The van der Waals surface area contributed by atoms with E-state index in [2.05, 4.69) is 15.4 Å². The van der Waals surface area contributed by atoms with Gasteiger partial charge in [0.05, 0.1) is 31.6 Å². The summed E-state index contributed by atoms with van der Waals surface area (Å²) < 4.78 is 12.6. The first-order valence-corrected chi connectivity index (χ1v) is 7.20. The number of hydrogen-bond acceptors (Lipinski definition) is 5. The standard InChI is InChI=1S/C15H20N4O2/c1-20-15-5-4-12(8-17-15)7-16-13-9-18-19(10-13)11-14-3-2-6-21-14/h4-5,8-10,14,16H,2-3,6-7,11H2,1H3. The Morgan fingerprint density at radius 2 is 2.38 bits per heavy atom. The van der Waals surface area contributed by atoms with Crippen LogP contribution in [0.15, 0.2) is 30.7 Å². The quantitative estimate of drug-likeness (QED) is 0.882. The van der Waals surface area contributed by atoms with E-state index < -0.39 is 0 Å². The van der Waals surface area contributed by atoms with Crippen LogP contribution in [0.3, 0.4) is 0 Å². The molecule has 1 unspecified atom stereocenters. The molecular weight excluding hydrogens is 268 g/mol. The maximum absolute atomic E-state index is 5.62. The Labute approximate surface area is 124 Å². The van der Waals surface area contributed by atoms with Gasteiger partial charge in [-0.3, -0.25) is 4.68 Å². The molecule has 0 aliphatic carbocycles. The molecule has 1 saturated heterocycles. The summed E-state index contributed by atoms with van der Waals surface area (Å²) in [6.45, 7) is 2.41. The van der Waals surface area contributed by atoms with Crippen molar-refractivity contribution >= 4 is 5.69 Å². The predicted molar refractivity (Wildman–Crippen MR) is 79.3 cm³/mol. The second kappa shape index (κ2) is 6.58. The van der Waals surface area contributed by atoms with E-state index in [1.165, 1.54) is 0 Å². The van der Waals surface area contributed by atoms with Crippen LogP contribution in [0.25, 0.3) is 0 Å². The summed E-state index contributed by atoms with van der Waals surface area (Å²) in [4.78, 5) is 4.18. The van der Waals surface area contributed by atoms with Crippen molar-refractivity contribution < 1.29 is 9.47 Å². The van der Waals surface area contributed by atoms with Gasteiger partial charge in [0.2, 0.25) is 5.88 Å². The fraction of sp³-hybridized carbons (Fsp3) is 0.467. The van der Waals surface area contributed by atoms with Gasteiger partial charge >= 0.3 is 0 Å². The normalized spacial score (nSPS) is 17.9. The molecule has 0 bridgehead atoms. The zero-order chi connectivity index (χ0) is 14.5. The Morgan fingerprint density at radius 1 is 1.43 bits per heavy atom. The Kier molecular flexibility index (Phi) is 4.35. The minimum Gasteiger partial charge on any atom is -0.481 e. The van der Waals surface area contributed by atoms with Crippen LogP contribution in [0, 0.1) is 0 Å². The van der Waals surface area contributed by atoms with Crippen molar-refractivity contribution in [3.63, 3.8) is 0 Å². The summed E-state index contributed by atoms with van der Waals surface area (Å²) in [5, 5.41) is 7.70. The molecule has 6 heteroatoms. The number of aromatic nitrogens is 3. The van der Waals surface area contributed by atoms with Gasteiger partial charge in [-0.15, -0.1) is 0 Å². The van der Waals surface area contributed by atoms with Crippen molar-refractivity contribution in [3.05, 3.63) is 36.3 Å². The molecule has 1 fully saturated rings. The maximum atomic E-state index is 5.62. The van der Waals surface area contributed by atoms with Crippen LogP contribution in [-0.2, 0) is 17.8 Å². The Bertz CT molecular complexity index is 561. The van der Waals surface area contributed by atoms with Gasteiger partial charge in [0, 0.05) is 31.6 Å². The van der Waals surface area contributed by atoms with Crippen LogP contribution in [0.1, 0.15) is 18.4 Å². The minimum atomic E-state index is 0.309. The van der Waals surface area contributed by atoms with Gasteiger partial charge in [0.25, 0.3) is 0 Å². The summed E-state index contributed by atoms with van der Waals surface area (Å²) in [6, 6.07) is 3.85. The first kappa shape index (κ1) is 13.9. The lowest BCUT2D eigenvalue weighted by molar-refractivity contribution is 0.0940. The summed E-state index contributed by atoms with van der Waals surface area (Å²) in [5.41, 5.74) is 2.10. The van der Waals surface area contributed by atoms with Crippen molar-refractivity contribution in [1.29, 1.82) is 0 Å². The highest BCUT2D eigenvalue weighted by atomic mass is 16.5. The van der Waals surface area contributed by atoms with Crippen LogP contribution in [0.2, 0.25) is 0 Å². The van der Waals surface area contributed by atoms with E-state index in [1.54, 1.807) is 7.11 Å². The second-order valence-corrected chi connectivity index (χ2v) is 5.15. The molecule has 2 aromatic heterocycles. The number of rotatable bonds is 6. The first-order chi connectivity index (χ1) is 10.3. The van der Waals surface area contributed by atoms with Crippen LogP contribution in [-0.4, -0.2) is 34.6 Å². The van der Waals surface area contributed by atoms with E-state index in [1.807, 2.05) is 35.4 Å². The third-order valence-electron chi connectivity index (χ3n) is 3.55. The number of pyridine rings is 1. The molecule has 6 nitrogen and oxygen atoms in total. The third kappa shape index (κ3) is 3.72. The molecule has 0 radical (unpaired) electrons. The Hall–Kier alpha value is -2.08. The van der Waals surface area contributed by atoms with Gasteiger partial charge in [-0.1, -0.05) is 6.07 Å². The summed E-state index contributed by atoms with van der Waals surface area (Å²) in [6.07, 6.45) is 8.25. The van der Waals surface area contributed by atoms with Crippen molar-refractivity contribution in [1.82, 2.24) is 14.8 Å². The van der Waals surface area contributed by atoms with Gasteiger partial charge in [-0.2, -0.15) is 5.10 Å². The molecule has 1 atom stereocenters. The van der Waals surface area contributed by atoms with Crippen molar-refractivity contribution in [2.45, 2.75) is 32.0 Å². The van der Waals surface area contributed by atoms with Crippen LogP contribution < -0.4 is 10.1 Å². The highest BCUT2D eigenvalue weighted by Gasteiger charge is 2.16. The van der Waals surface area contributed by atoms with Gasteiger partial charge in [-0.25, -0.2) is 4.98 Å². The predicted octanol–water partition coefficient (Wildman–Crippen LogP) is 2.08. The van der Waals surface area contributed by atoms with Crippen molar-refractivity contribution in [3.8, 4) is 5.88 Å². The highest BCUT2D eigenvalue weighted by molar-refractivity contribution is 5.39. The maximum Gasteiger partial charge on any atom is 0.212 e. The molecule has 1 aliphatic heterocycles. The largest absolute Gasteiger partial charge is 0.481 e. The zero-order valence-electron chi connectivity index (χ0n) is 12.2. The second-order valence-electron chi connectivity index (χ2n) is 5.15. The number of nitrogens with zero attached hydrogens (tertiary/aromatic N) is 3.